The topological polar surface area (TPSA) is 174 Å². The molecule has 5 N–H and O–H groups in total. The molecule has 0 bridgehead atoms. The number of hydrogen-bond acceptors (Lipinski definition) is 9. The Morgan fingerprint density at radius 1 is 1.08 bits per heavy atom. The van der Waals surface area contributed by atoms with Crippen molar-refractivity contribution in [1.29, 1.82) is 0 Å². The van der Waals surface area contributed by atoms with Crippen molar-refractivity contribution in [1.82, 2.24) is 14.8 Å². The van der Waals surface area contributed by atoms with Crippen molar-refractivity contribution >= 4 is 29.0 Å². The molecule has 0 saturated heterocycles. The third kappa shape index (κ3) is 3.87. The van der Waals surface area contributed by atoms with Crippen molar-refractivity contribution in [3.63, 3.8) is 0 Å². The minimum Gasteiger partial charge on any atom is -0.507 e. The number of H-pyrrole nitrogens is 1. The number of aromatic hydroxyl groups is 1. The Kier molecular flexibility index (Phi) is 6.36. The van der Waals surface area contributed by atoms with Crippen LogP contribution in [0, 0.1) is 23.7 Å². The van der Waals surface area contributed by atoms with Crippen LogP contribution in [-0.2, 0) is 32.1 Å². The van der Waals surface area contributed by atoms with E-state index < -0.39 is 64.4 Å². The minimum atomic E-state index is -2.73. The molecule has 1 aromatic heterocycles. The first kappa shape index (κ1) is 26.9. The second-order valence-corrected chi connectivity index (χ2v) is 11.4. The highest BCUT2D eigenvalue weighted by atomic mass is 16.3. The van der Waals surface area contributed by atoms with Gasteiger partial charge in [0.25, 0.3) is 0 Å². The maximum atomic E-state index is 13.9. The molecule has 1 heterocycles. The van der Waals surface area contributed by atoms with Crippen molar-refractivity contribution in [2.24, 2.45) is 29.4 Å². The molecule has 2 aromatic rings. The number of phenolic OH excluding ortho intramolecular Hbond substituents is 1. The van der Waals surface area contributed by atoms with Crippen LogP contribution in [0.3, 0.4) is 0 Å². The fourth-order valence-corrected chi connectivity index (χ4v) is 6.89. The van der Waals surface area contributed by atoms with Gasteiger partial charge in [-0.3, -0.25) is 28.9 Å². The number of likely N-dealkylation sites (N-methyl/N-ethyl adjacent to an activating group) is 1. The number of ketones is 4. The van der Waals surface area contributed by atoms with E-state index in [0.29, 0.717) is 17.7 Å². The fraction of sp³-hybridized carbons (Fsp3) is 0.464. The highest BCUT2D eigenvalue weighted by molar-refractivity contribution is 6.32. The van der Waals surface area contributed by atoms with E-state index in [1.807, 2.05) is 31.1 Å². The van der Waals surface area contributed by atoms with Gasteiger partial charge in [0.1, 0.15) is 5.75 Å². The first-order valence-corrected chi connectivity index (χ1v) is 12.8. The summed E-state index contributed by atoms with van der Waals surface area (Å²) >= 11 is 0. The molecule has 3 aliphatic rings. The molecule has 5 rings (SSSR count). The number of rotatable bonds is 5. The molecule has 1 amide bonds. The Morgan fingerprint density at radius 2 is 1.77 bits per heavy atom. The van der Waals surface area contributed by atoms with E-state index in [2.05, 4.69) is 4.98 Å². The van der Waals surface area contributed by atoms with E-state index in [1.54, 1.807) is 20.2 Å². The Hall–Kier alpha value is -3.67. The van der Waals surface area contributed by atoms with Gasteiger partial charge >= 0.3 is 0 Å². The van der Waals surface area contributed by atoms with Crippen LogP contribution < -0.4 is 5.73 Å². The monoisotopic (exact) mass is 536 g/mol. The molecular weight excluding hydrogens is 504 g/mol. The van der Waals surface area contributed by atoms with Crippen LogP contribution in [-0.4, -0.2) is 93.9 Å². The smallest absolute Gasteiger partial charge is 0.235 e. The van der Waals surface area contributed by atoms with Gasteiger partial charge < -0.3 is 25.8 Å². The Balaban J connectivity index is 1.62. The zero-order valence-electron chi connectivity index (χ0n) is 22.2. The molecule has 2 fully saturated rings. The molecular formula is C28H32N4O7. The van der Waals surface area contributed by atoms with Gasteiger partial charge in [-0.2, -0.15) is 0 Å². The predicted molar refractivity (Wildman–Crippen MR) is 139 cm³/mol. The summed E-state index contributed by atoms with van der Waals surface area (Å²) in [6, 6.07) is 5.79. The number of nitrogens with two attached hydrogens (primary N) is 1. The molecule has 3 unspecified atom stereocenters. The number of aromatic amines is 1. The summed E-state index contributed by atoms with van der Waals surface area (Å²) in [4.78, 5) is 73.2. The number of nitrogens with one attached hydrogen (secondary N) is 1. The van der Waals surface area contributed by atoms with Crippen molar-refractivity contribution in [2.75, 3.05) is 28.2 Å². The molecule has 6 atom stereocenters. The van der Waals surface area contributed by atoms with Gasteiger partial charge in [0.15, 0.2) is 34.7 Å². The third-order valence-corrected chi connectivity index (χ3v) is 8.47. The Labute approximate surface area is 225 Å². The van der Waals surface area contributed by atoms with Crippen molar-refractivity contribution in [3.05, 3.63) is 41.1 Å². The van der Waals surface area contributed by atoms with Crippen LogP contribution >= 0.6 is 0 Å². The lowest BCUT2D eigenvalue weighted by molar-refractivity contribution is -0.181. The number of aliphatic hydroxyl groups is 1. The SMILES string of the molecule is CN(C)Cc1ccc(-c2ccc(O)c3c2C[C@H]2C[C@H]4C(N(C)C)C(=O)C(C(N)=O)C(=O)[C@@]4(O)C(=O)C2C3=O)[nH]1. The zero-order valence-corrected chi connectivity index (χ0v) is 22.2. The van der Waals surface area contributed by atoms with Crippen LogP contribution in [0.1, 0.15) is 28.0 Å². The maximum absolute atomic E-state index is 13.9. The Morgan fingerprint density at radius 3 is 2.38 bits per heavy atom. The lowest BCUT2D eigenvalue weighted by Crippen LogP contribution is -2.74. The summed E-state index contributed by atoms with van der Waals surface area (Å²) in [5, 5.41) is 22.4. The first-order chi connectivity index (χ1) is 18.3. The van der Waals surface area contributed by atoms with E-state index in [9.17, 15) is 34.2 Å². The van der Waals surface area contributed by atoms with Crippen molar-refractivity contribution in [3.8, 4) is 17.0 Å². The van der Waals surface area contributed by atoms with Gasteiger partial charge in [0.2, 0.25) is 5.91 Å². The van der Waals surface area contributed by atoms with Gasteiger partial charge in [-0.05, 0) is 76.8 Å². The number of aromatic nitrogens is 1. The molecule has 11 heteroatoms. The van der Waals surface area contributed by atoms with Crippen LogP contribution in [0.2, 0.25) is 0 Å². The van der Waals surface area contributed by atoms with Gasteiger partial charge in [-0.1, -0.05) is 0 Å². The highest BCUT2D eigenvalue weighted by Gasteiger charge is 2.69. The van der Waals surface area contributed by atoms with E-state index in [4.69, 9.17) is 5.73 Å². The lowest BCUT2D eigenvalue weighted by atomic mass is 9.52. The van der Waals surface area contributed by atoms with Gasteiger partial charge in [-0.25, -0.2) is 0 Å². The van der Waals surface area contributed by atoms with Crippen LogP contribution in [0.25, 0.3) is 11.3 Å². The van der Waals surface area contributed by atoms with E-state index in [0.717, 1.165) is 11.4 Å². The molecule has 0 aliphatic heterocycles. The predicted octanol–water partition coefficient (Wildman–Crippen LogP) is -0.0763. The molecule has 0 radical (unpaired) electrons. The van der Waals surface area contributed by atoms with E-state index in [-0.39, 0.29) is 24.2 Å². The summed E-state index contributed by atoms with van der Waals surface area (Å²) in [6.45, 7) is 0.666. The number of Topliss-reactive ketones (excluding diaryl/α,β-unsaturated/α-hetero) is 4. The fourth-order valence-electron chi connectivity index (χ4n) is 6.89. The molecule has 1 aromatic carbocycles. The molecule has 0 spiro atoms. The summed E-state index contributed by atoms with van der Waals surface area (Å²) in [7, 11) is 7.00. The van der Waals surface area contributed by atoms with Crippen LogP contribution in [0.4, 0.5) is 0 Å². The Bertz CT molecular complexity index is 1430. The number of benzene rings is 1. The minimum absolute atomic E-state index is 0.00952. The summed E-state index contributed by atoms with van der Waals surface area (Å²) in [6.07, 6.45) is 0.215. The normalized spacial score (nSPS) is 30.4. The quantitative estimate of drug-likeness (QED) is 0.381. The summed E-state index contributed by atoms with van der Waals surface area (Å²) in [5.41, 5.74) is 5.54. The number of amides is 1. The number of nitrogens with zero attached hydrogens (tertiary/aromatic N) is 2. The molecule has 206 valence electrons. The largest absolute Gasteiger partial charge is 0.507 e. The number of hydrogen-bond donors (Lipinski definition) is 4. The molecule has 3 aliphatic carbocycles. The lowest BCUT2D eigenvalue weighted by Gasteiger charge is -2.52. The second kappa shape index (κ2) is 9.22. The molecule has 2 saturated carbocycles. The molecule has 39 heavy (non-hydrogen) atoms. The average molecular weight is 537 g/mol. The average Bonchev–Trinajstić information content (AvgIpc) is 3.28. The van der Waals surface area contributed by atoms with Gasteiger partial charge in [0.05, 0.1) is 17.5 Å². The molecule has 11 nitrogen and oxygen atoms in total. The standard InChI is InChI=1S/C28H32N4O7/c1-31(2)11-13-5-7-17(30-13)14-6-8-18(33)20-15(14)9-12-10-16-22(32(3)4)24(35)21(27(29)38)26(37)28(16,39)25(36)19(12)23(20)34/h5-8,12,16,19,21-22,30,33,39H,9-11H2,1-4H3,(H2,29,38)/t12-,16-,19?,21?,22?,28-/m0/s1. The van der Waals surface area contributed by atoms with Crippen LogP contribution in [0.5, 0.6) is 5.75 Å². The van der Waals surface area contributed by atoms with E-state index in [1.165, 1.54) is 11.0 Å². The van der Waals surface area contributed by atoms with Crippen molar-refractivity contribution < 1.29 is 34.2 Å². The summed E-state index contributed by atoms with van der Waals surface area (Å²) < 4.78 is 0. The van der Waals surface area contributed by atoms with Gasteiger partial charge in [-0.15, -0.1) is 0 Å². The van der Waals surface area contributed by atoms with E-state index >= 15 is 0 Å². The number of fused-ring (bicyclic) bond motifs is 3. The number of carbonyl (C=O) groups is 5. The second-order valence-electron chi connectivity index (χ2n) is 11.4. The summed E-state index contributed by atoms with van der Waals surface area (Å²) in [5.74, 6) is -10.5. The first-order valence-electron chi connectivity index (χ1n) is 12.8. The van der Waals surface area contributed by atoms with Gasteiger partial charge in [0, 0.05) is 29.4 Å². The number of carbonyl (C=O) groups excluding carboxylic acids is 5. The zero-order chi connectivity index (χ0) is 28.5. The number of phenols is 1. The van der Waals surface area contributed by atoms with Crippen molar-refractivity contribution in [2.45, 2.75) is 31.0 Å². The maximum Gasteiger partial charge on any atom is 0.235 e. The highest BCUT2D eigenvalue weighted by Crippen LogP contribution is 2.51. The number of primary amides is 1. The third-order valence-electron chi connectivity index (χ3n) is 8.47. The van der Waals surface area contributed by atoms with Crippen LogP contribution in [0.15, 0.2) is 24.3 Å².